The Morgan fingerprint density at radius 3 is 2.74 bits per heavy atom. The molecule has 1 N–H and O–H groups in total. The van der Waals surface area contributed by atoms with Gasteiger partial charge in [-0.3, -0.25) is 4.79 Å². The van der Waals surface area contributed by atoms with E-state index in [1.807, 2.05) is 17.0 Å². The van der Waals surface area contributed by atoms with Gasteiger partial charge < -0.3 is 24.6 Å². The van der Waals surface area contributed by atoms with Crippen LogP contribution >= 0.6 is 0 Å². The Bertz CT molecular complexity index is 954. The maximum Gasteiger partial charge on any atom is 0.230 e. The van der Waals surface area contributed by atoms with Crippen LogP contribution in [0, 0.1) is 5.92 Å². The van der Waals surface area contributed by atoms with Crippen LogP contribution in [0.2, 0.25) is 0 Å². The highest BCUT2D eigenvalue weighted by atomic mass is 16.5. The van der Waals surface area contributed by atoms with Crippen LogP contribution in [-0.4, -0.2) is 50.4 Å². The average Bonchev–Trinajstić information content (AvgIpc) is 2.93. The fraction of sp³-hybridized carbons (Fsp3) is 0.500. The molecule has 3 heterocycles. The molecule has 7 nitrogen and oxygen atoms in total. The van der Waals surface area contributed by atoms with Crippen LogP contribution in [0.4, 0.5) is 22.9 Å². The predicted octanol–water partition coefficient (Wildman–Crippen LogP) is 3.71. The van der Waals surface area contributed by atoms with Crippen LogP contribution in [0.5, 0.6) is 0 Å². The van der Waals surface area contributed by atoms with Crippen molar-refractivity contribution < 1.29 is 14.3 Å². The highest BCUT2D eigenvalue weighted by Gasteiger charge is 2.33. The molecule has 1 saturated heterocycles. The number of anilines is 4. The summed E-state index contributed by atoms with van der Waals surface area (Å²) >= 11 is 0. The molecule has 1 aliphatic carbocycles. The Labute approximate surface area is 183 Å². The van der Waals surface area contributed by atoms with E-state index in [1.54, 1.807) is 13.3 Å². The lowest BCUT2D eigenvalue weighted by atomic mass is 9.86. The van der Waals surface area contributed by atoms with Crippen LogP contribution in [0.25, 0.3) is 0 Å². The van der Waals surface area contributed by atoms with Gasteiger partial charge in [0.05, 0.1) is 43.3 Å². The second-order valence-electron chi connectivity index (χ2n) is 8.77. The number of carbonyl (C=O) groups excluding carboxylic acids is 1. The van der Waals surface area contributed by atoms with Crippen LogP contribution < -0.4 is 15.1 Å². The summed E-state index contributed by atoms with van der Waals surface area (Å²) in [6.07, 6.45) is 5.68. The Kier molecular flexibility index (Phi) is 5.54. The van der Waals surface area contributed by atoms with Crippen molar-refractivity contribution >= 4 is 28.8 Å². The number of fused-ring (bicyclic) bond motifs is 2. The van der Waals surface area contributed by atoms with E-state index in [0.717, 1.165) is 67.3 Å². The van der Waals surface area contributed by atoms with E-state index in [2.05, 4.69) is 40.4 Å². The van der Waals surface area contributed by atoms with E-state index in [-0.39, 0.29) is 17.9 Å². The van der Waals surface area contributed by atoms with E-state index >= 15 is 0 Å². The minimum absolute atomic E-state index is 0.0267. The lowest BCUT2D eigenvalue weighted by Gasteiger charge is -2.37. The third-order valence-corrected chi connectivity index (χ3v) is 6.94. The number of methoxy groups -OCH3 is 1. The summed E-state index contributed by atoms with van der Waals surface area (Å²) in [4.78, 5) is 22.5. The molecule has 0 unspecified atom stereocenters. The van der Waals surface area contributed by atoms with Gasteiger partial charge in [-0.1, -0.05) is 6.07 Å². The lowest BCUT2D eigenvalue weighted by Crippen LogP contribution is -2.47. The molecule has 3 aliphatic rings. The van der Waals surface area contributed by atoms with Crippen molar-refractivity contribution in [2.75, 3.05) is 42.5 Å². The van der Waals surface area contributed by atoms with Crippen molar-refractivity contribution in [3.8, 4) is 0 Å². The molecule has 31 heavy (non-hydrogen) atoms. The van der Waals surface area contributed by atoms with Crippen molar-refractivity contribution in [2.24, 2.45) is 5.92 Å². The molecule has 0 bridgehead atoms. The normalized spacial score (nSPS) is 23.1. The van der Waals surface area contributed by atoms with E-state index in [1.165, 1.54) is 0 Å². The molecule has 164 valence electrons. The summed E-state index contributed by atoms with van der Waals surface area (Å²) in [5, 5.41) is 3.46. The number of nitrogens with zero attached hydrogens (tertiary/aromatic N) is 3. The average molecular weight is 423 g/mol. The monoisotopic (exact) mass is 422 g/mol. The van der Waals surface area contributed by atoms with Gasteiger partial charge in [0.15, 0.2) is 0 Å². The van der Waals surface area contributed by atoms with Gasteiger partial charge >= 0.3 is 0 Å². The first-order valence-electron chi connectivity index (χ1n) is 11.1. The zero-order chi connectivity index (χ0) is 21.4. The largest absolute Gasteiger partial charge is 0.381 e. The smallest absolute Gasteiger partial charge is 0.230 e. The van der Waals surface area contributed by atoms with Gasteiger partial charge in [-0.25, -0.2) is 4.98 Å². The third-order valence-electron chi connectivity index (χ3n) is 6.94. The maximum atomic E-state index is 13.8. The second-order valence-corrected chi connectivity index (χ2v) is 8.77. The summed E-state index contributed by atoms with van der Waals surface area (Å²) < 4.78 is 10.9. The number of hydrogen-bond donors (Lipinski definition) is 1. The third kappa shape index (κ3) is 3.88. The highest BCUT2D eigenvalue weighted by Crippen LogP contribution is 2.40. The van der Waals surface area contributed by atoms with Gasteiger partial charge in [0.25, 0.3) is 0 Å². The summed E-state index contributed by atoms with van der Waals surface area (Å²) in [7, 11) is 3.85. The summed E-state index contributed by atoms with van der Waals surface area (Å²) in [6.45, 7) is 2.01. The summed E-state index contributed by atoms with van der Waals surface area (Å²) in [5.41, 5.74) is 3.95. The van der Waals surface area contributed by atoms with Crippen LogP contribution in [0.1, 0.15) is 31.2 Å². The minimum atomic E-state index is 0.0267. The number of likely N-dealkylation sites (N-methyl/N-ethyl adjacent to an activating group) is 1. The number of nitrogens with one attached hydrogen (secondary N) is 1. The summed E-state index contributed by atoms with van der Waals surface area (Å²) in [6, 6.07) is 10.6. The summed E-state index contributed by atoms with van der Waals surface area (Å²) in [5.74, 6) is 1.04. The fourth-order valence-corrected chi connectivity index (χ4v) is 4.75. The first-order valence-corrected chi connectivity index (χ1v) is 11.1. The zero-order valence-electron chi connectivity index (χ0n) is 18.2. The van der Waals surface area contributed by atoms with E-state index in [4.69, 9.17) is 9.47 Å². The molecule has 5 rings (SSSR count). The van der Waals surface area contributed by atoms with Gasteiger partial charge in [-0.05, 0) is 49.9 Å². The molecule has 0 radical (unpaired) electrons. The fourth-order valence-electron chi connectivity index (χ4n) is 4.75. The van der Waals surface area contributed by atoms with Crippen molar-refractivity contribution in [2.45, 2.75) is 44.4 Å². The van der Waals surface area contributed by atoms with Crippen molar-refractivity contribution in [3.63, 3.8) is 0 Å². The van der Waals surface area contributed by atoms with Crippen molar-refractivity contribution in [3.05, 3.63) is 42.1 Å². The van der Waals surface area contributed by atoms with Crippen LogP contribution in [0.3, 0.4) is 0 Å². The quantitative estimate of drug-likeness (QED) is 0.810. The molecule has 1 aromatic carbocycles. The Morgan fingerprint density at radius 2 is 2.03 bits per heavy atom. The molecule has 2 fully saturated rings. The second kappa shape index (κ2) is 8.48. The van der Waals surface area contributed by atoms with Crippen molar-refractivity contribution in [1.82, 2.24) is 4.98 Å². The van der Waals surface area contributed by atoms with Gasteiger partial charge in [0, 0.05) is 37.5 Å². The van der Waals surface area contributed by atoms with Gasteiger partial charge in [0.1, 0.15) is 5.82 Å². The molecule has 2 aliphatic heterocycles. The standard InChI is InChI=1S/C24H30N4O3/c1-27(19-14-31-15-19)18-7-10-21-22(12-18)28(13-17-4-3-11-25-23(17)26-21)24(29)16-5-8-20(30-2)9-6-16/h3-4,7,10-12,16,19-20H,5-6,8-9,13-15H2,1-2H3,(H,25,26). The van der Waals surface area contributed by atoms with Gasteiger partial charge in [0.2, 0.25) is 5.91 Å². The van der Waals surface area contributed by atoms with Crippen LogP contribution in [-0.2, 0) is 20.8 Å². The molecule has 1 aromatic heterocycles. The Morgan fingerprint density at radius 1 is 1.23 bits per heavy atom. The number of ether oxygens (including phenoxy) is 2. The van der Waals surface area contributed by atoms with E-state index in [9.17, 15) is 4.79 Å². The molecule has 2 aromatic rings. The predicted molar refractivity (Wildman–Crippen MR) is 121 cm³/mol. The van der Waals surface area contributed by atoms with Crippen molar-refractivity contribution in [1.29, 1.82) is 0 Å². The molecule has 1 saturated carbocycles. The molecule has 0 atom stereocenters. The minimum Gasteiger partial charge on any atom is -0.381 e. The molecular weight excluding hydrogens is 392 g/mol. The number of benzene rings is 1. The molecule has 7 heteroatoms. The molecule has 1 amide bonds. The number of aromatic nitrogens is 1. The number of carbonyl (C=O) groups is 1. The molecule has 0 spiro atoms. The Balaban J connectivity index is 1.49. The Hall–Kier alpha value is -2.64. The number of rotatable bonds is 4. The van der Waals surface area contributed by atoms with Gasteiger partial charge in [-0.15, -0.1) is 0 Å². The lowest BCUT2D eigenvalue weighted by molar-refractivity contribution is -0.124. The van der Waals surface area contributed by atoms with Crippen LogP contribution in [0.15, 0.2) is 36.5 Å². The van der Waals surface area contributed by atoms with Gasteiger partial charge in [-0.2, -0.15) is 0 Å². The first-order chi connectivity index (χ1) is 15.1. The van der Waals surface area contributed by atoms with E-state index in [0.29, 0.717) is 12.6 Å². The maximum absolute atomic E-state index is 13.8. The molecular formula is C24H30N4O3. The topological polar surface area (TPSA) is 66.9 Å². The van der Waals surface area contributed by atoms with E-state index < -0.39 is 0 Å². The highest BCUT2D eigenvalue weighted by molar-refractivity contribution is 6.00. The first kappa shape index (κ1) is 20.3. The zero-order valence-corrected chi connectivity index (χ0v) is 18.2. The SMILES string of the molecule is COC1CCC(C(=O)N2Cc3cccnc3Nc3ccc(N(C)C4COC4)cc32)CC1. The number of hydrogen-bond acceptors (Lipinski definition) is 6. The number of amides is 1. The number of pyridine rings is 1.